The lowest BCUT2D eigenvalue weighted by Crippen LogP contribution is -2.35. The second kappa shape index (κ2) is 8.02. The van der Waals surface area contributed by atoms with E-state index in [1.807, 2.05) is 62.6 Å². The Labute approximate surface area is 147 Å². The molecule has 0 bridgehead atoms. The van der Waals surface area contributed by atoms with E-state index in [4.69, 9.17) is 0 Å². The zero-order chi connectivity index (χ0) is 17.7. The third kappa shape index (κ3) is 4.61. The highest BCUT2D eigenvalue weighted by Crippen LogP contribution is 2.24. The van der Waals surface area contributed by atoms with E-state index in [0.29, 0.717) is 5.56 Å². The lowest BCUT2D eigenvalue weighted by atomic mass is 10.1. The summed E-state index contributed by atoms with van der Waals surface area (Å²) in [5.41, 5.74) is 3.43. The minimum atomic E-state index is -0.211. The SMILES string of the molecule is CSc1ccccc1NC(=O)CN(C)C(=O)c1cc(C)cc(C)c1. The summed E-state index contributed by atoms with van der Waals surface area (Å²) in [6, 6.07) is 13.3. The first kappa shape index (κ1) is 18.1. The van der Waals surface area contributed by atoms with Crippen molar-refractivity contribution in [2.75, 3.05) is 25.2 Å². The monoisotopic (exact) mass is 342 g/mol. The zero-order valence-corrected chi connectivity index (χ0v) is 15.2. The first-order valence-electron chi connectivity index (χ1n) is 7.67. The fraction of sp³-hybridized carbons (Fsp3) is 0.263. The highest BCUT2D eigenvalue weighted by Gasteiger charge is 2.16. The van der Waals surface area contributed by atoms with Crippen LogP contribution in [-0.4, -0.2) is 36.6 Å². The van der Waals surface area contributed by atoms with Gasteiger partial charge in [-0.25, -0.2) is 0 Å². The van der Waals surface area contributed by atoms with Gasteiger partial charge >= 0.3 is 0 Å². The third-order valence-electron chi connectivity index (χ3n) is 3.58. The standard InChI is InChI=1S/C19H22N2O2S/c1-13-9-14(2)11-15(10-13)19(23)21(3)12-18(22)20-16-7-5-6-8-17(16)24-4/h5-11H,12H2,1-4H3,(H,20,22). The molecule has 5 heteroatoms. The fourth-order valence-corrected chi connectivity index (χ4v) is 3.10. The van der Waals surface area contributed by atoms with Gasteiger partial charge in [0, 0.05) is 17.5 Å². The summed E-state index contributed by atoms with van der Waals surface area (Å²) in [4.78, 5) is 27.2. The van der Waals surface area contributed by atoms with Gasteiger partial charge in [-0.3, -0.25) is 9.59 Å². The summed E-state index contributed by atoms with van der Waals surface area (Å²) in [6.07, 6.45) is 1.96. The molecule has 0 unspecified atom stereocenters. The van der Waals surface area contributed by atoms with Gasteiger partial charge in [0.05, 0.1) is 12.2 Å². The van der Waals surface area contributed by atoms with Crippen LogP contribution in [0.5, 0.6) is 0 Å². The highest BCUT2D eigenvalue weighted by atomic mass is 32.2. The molecular weight excluding hydrogens is 320 g/mol. The van der Waals surface area contributed by atoms with Crippen LogP contribution in [0, 0.1) is 13.8 Å². The number of para-hydroxylation sites is 1. The molecule has 24 heavy (non-hydrogen) atoms. The summed E-state index contributed by atoms with van der Waals surface area (Å²) in [7, 11) is 1.64. The van der Waals surface area contributed by atoms with Crippen LogP contribution in [0.1, 0.15) is 21.5 Å². The van der Waals surface area contributed by atoms with E-state index < -0.39 is 0 Å². The molecule has 126 valence electrons. The Kier molecular flexibility index (Phi) is 6.04. The van der Waals surface area contributed by atoms with E-state index in [0.717, 1.165) is 21.7 Å². The van der Waals surface area contributed by atoms with Crippen LogP contribution in [0.15, 0.2) is 47.4 Å². The first-order chi connectivity index (χ1) is 11.4. The minimum absolute atomic E-state index is 0.00847. The van der Waals surface area contributed by atoms with Crippen molar-refractivity contribution < 1.29 is 9.59 Å². The number of benzene rings is 2. The van der Waals surface area contributed by atoms with Gasteiger partial charge in [-0.1, -0.05) is 29.3 Å². The van der Waals surface area contributed by atoms with E-state index in [1.165, 1.54) is 4.90 Å². The predicted octanol–water partition coefficient (Wildman–Crippen LogP) is 3.74. The number of amides is 2. The number of anilines is 1. The summed E-state index contributed by atoms with van der Waals surface area (Å²) in [6.45, 7) is 3.92. The quantitative estimate of drug-likeness (QED) is 0.842. The Morgan fingerprint density at radius 3 is 2.33 bits per heavy atom. The summed E-state index contributed by atoms with van der Waals surface area (Å²) < 4.78 is 0. The molecule has 0 aromatic heterocycles. The van der Waals surface area contributed by atoms with Gasteiger partial charge in [0.2, 0.25) is 5.91 Å². The Hall–Kier alpha value is -2.27. The average Bonchev–Trinajstić information content (AvgIpc) is 2.53. The summed E-state index contributed by atoms with van der Waals surface area (Å²) in [5.74, 6) is -0.369. The molecule has 1 N–H and O–H groups in total. The largest absolute Gasteiger partial charge is 0.332 e. The zero-order valence-electron chi connectivity index (χ0n) is 14.4. The molecule has 2 aromatic rings. The fourth-order valence-electron chi connectivity index (χ4n) is 2.54. The summed E-state index contributed by atoms with van der Waals surface area (Å²) >= 11 is 1.57. The van der Waals surface area contributed by atoms with Crippen LogP contribution in [0.3, 0.4) is 0 Å². The molecule has 0 saturated heterocycles. The molecule has 0 aliphatic carbocycles. The number of nitrogens with zero attached hydrogens (tertiary/aromatic N) is 1. The van der Waals surface area contributed by atoms with Crippen molar-refractivity contribution in [2.24, 2.45) is 0 Å². The van der Waals surface area contributed by atoms with Gasteiger partial charge in [0.15, 0.2) is 0 Å². The van der Waals surface area contributed by atoms with Crippen molar-refractivity contribution >= 4 is 29.3 Å². The van der Waals surface area contributed by atoms with Crippen molar-refractivity contribution in [3.8, 4) is 0 Å². The molecule has 2 aromatic carbocycles. The smallest absolute Gasteiger partial charge is 0.254 e. The van der Waals surface area contributed by atoms with Gasteiger partial charge < -0.3 is 10.2 Å². The third-order valence-corrected chi connectivity index (χ3v) is 4.37. The van der Waals surface area contributed by atoms with Crippen molar-refractivity contribution in [1.82, 2.24) is 4.90 Å². The molecule has 0 spiro atoms. The molecule has 2 amide bonds. The van der Waals surface area contributed by atoms with Gasteiger partial charge in [-0.15, -0.1) is 11.8 Å². The van der Waals surface area contributed by atoms with Crippen LogP contribution in [0.4, 0.5) is 5.69 Å². The van der Waals surface area contributed by atoms with E-state index in [2.05, 4.69) is 5.32 Å². The number of carbonyl (C=O) groups excluding carboxylic acids is 2. The van der Waals surface area contributed by atoms with E-state index in [9.17, 15) is 9.59 Å². The van der Waals surface area contributed by atoms with Gasteiger partial charge in [-0.2, -0.15) is 0 Å². The van der Waals surface area contributed by atoms with E-state index in [-0.39, 0.29) is 18.4 Å². The van der Waals surface area contributed by atoms with Crippen molar-refractivity contribution in [1.29, 1.82) is 0 Å². The number of hydrogen-bond acceptors (Lipinski definition) is 3. The lowest BCUT2D eigenvalue weighted by Gasteiger charge is -2.18. The molecule has 0 saturated carbocycles. The Morgan fingerprint density at radius 2 is 1.71 bits per heavy atom. The first-order valence-corrected chi connectivity index (χ1v) is 8.90. The maximum atomic E-state index is 12.5. The molecular formula is C19H22N2O2S. The molecule has 0 heterocycles. The normalized spacial score (nSPS) is 10.3. The number of likely N-dealkylation sites (N-methyl/N-ethyl adjacent to an activating group) is 1. The van der Waals surface area contributed by atoms with Crippen molar-refractivity contribution in [3.05, 3.63) is 59.2 Å². The Balaban J connectivity index is 2.04. The summed E-state index contributed by atoms with van der Waals surface area (Å²) in [5, 5.41) is 2.87. The van der Waals surface area contributed by atoms with Crippen LogP contribution < -0.4 is 5.32 Å². The number of aryl methyl sites for hydroxylation is 2. The van der Waals surface area contributed by atoms with Gasteiger partial charge in [0.1, 0.15) is 0 Å². The van der Waals surface area contributed by atoms with Gasteiger partial charge in [-0.05, 0) is 44.4 Å². The Morgan fingerprint density at radius 1 is 1.08 bits per heavy atom. The molecule has 0 aliphatic rings. The minimum Gasteiger partial charge on any atom is -0.332 e. The molecule has 4 nitrogen and oxygen atoms in total. The number of rotatable bonds is 5. The van der Waals surface area contributed by atoms with Crippen LogP contribution in [0.2, 0.25) is 0 Å². The van der Waals surface area contributed by atoms with Crippen molar-refractivity contribution in [2.45, 2.75) is 18.7 Å². The van der Waals surface area contributed by atoms with Crippen molar-refractivity contribution in [3.63, 3.8) is 0 Å². The number of hydrogen-bond donors (Lipinski definition) is 1. The molecule has 2 rings (SSSR count). The van der Waals surface area contributed by atoms with Crippen LogP contribution in [-0.2, 0) is 4.79 Å². The maximum Gasteiger partial charge on any atom is 0.254 e. The highest BCUT2D eigenvalue weighted by molar-refractivity contribution is 7.98. The number of nitrogens with one attached hydrogen (secondary N) is 1. The average molecular weight is 342 g/mol. The van der Waals surface area contributed by atoms with E-state index in [1.54, 1.807) is 18.8 Å². The number of carbonyl (C=O) groups is 2. The van der Waals surface area contributed by atoms with Crippen LogP contribution >= 0.6 is 11.8 Å². The molecule has 0 fully saturated rings. The molecule has 0 aliphatic heterocycles. The number of thioether (sulfide) groups is 1. The van der Waals surface area contributed by atoms with E-state index >= 15 is 0 Å². The maximum absolute atomic E-state index is 12.5. The Bertz CT molecular complexity index is 739. The van der Waals surface area contributed by atoms with Crippen LogP contribution in [0.25, 0.3) is 0 Å². The van der Waals surface area contributed by atoms with Gasteiger partial charge in [0.25, 0.3) is 5.91 Å². The lowest BCUT2D eigenvalue weighted by molar-refractivity contribution is -0.116. The second-order valence-corrected chi connectivity index (χ2v) is 6.63. The predicted molar refractivity (Wildman–Crippen MR) is 99.7 cm³/mol. The molecule has 0 atom stereocenters. The molecule has 0 radical (unpaired) electrons. The second-order valence-electron chi connectivity index (χ2n) is 5.79. The topological polar surface area (TPSA) is 49.4 Å².